The lowest BCUT2D eigenvalue weighted by atomic mass is 9.92. The van der Waals surface area contributed by atoms with E-state index >= 15 is 0 Å². The predicted octanol–water partition coefficient (Wildman–Crippen LogP) is 5.13. The number of hydrogen-bond acceptors (Lipinski definition) is 2. The van der Waals surface area contributed by atoms with E-state index in [1.165, 1.54) is 6.07 Å². The number of nitrogens with one attached hydrogen (secondary N) is 1. The summed E-state index contributed by atoms with van der Waals surface area (Å²) in [7, 11) is 0. The van der Waals surface area contributed by atoms with Crippen molar-refractivity contribution < 1.29 is 4.39 Å². The summed E-state index contributed by atoms with van der Waals surface area (Å²) in [5.41, 5.74) is 2.48. The van der Waals surface area contributed by atoms with Gasteiger partial charge in [-0.3, -0.25) is 4.79 Å². The number of aromatic nitrogens is 2. The lowest BCUT2D eigenvalue weighted by Crippen LogP contribution is -2.21. The van der Waals surface area contributed by atoms with Crippen LogP contribution in [0.15, 0.2) is 39.6 Å². The van der Waals surface area contributed by atoms with Gasteiger partial charge in [0.05, 0.1) is 27.0 Å². The van der Waals surface area contributed by atoms with Crippen molar-refractivity contribution in [2.75, 3.05) is 0 Å². The number of hydrogen-bond donors (Lipinski definition) is 1. The van der Waals surface area contributed by atoms with Gasteiger partial charge in [-0.1, -0.05) is 6.07 Å². The predicted molar refractivity (Wildman–Crippen MR) is 103 cm³/mol. The standard InChI is InChI=1S/C20H13BrFN3O/c21-14-7-13-17(8-15(14)22)25(11-2-1-3-11)20-18(19(13)26)12-5-4-10(9-23)6-16(12)24-20/h4-8,11,24H,1-3H2. The second kappa shape index (κ2) is 5.42. The topological polar surface area (TPSA) is 61.6 Å². The number of benzene rings is 2. The first-order valence-electron chi connectivity index (χ1n) is 8.47. The molecular formula is C20H13BrFN3O. The van der Waals surface area contributed by atoms with Crippen LogP contribution in [0.1, 0.15) is 30.9 Å². The number of aromatic amines is 1. The van der Waals surface area contributed by atoms with Crippen molar-refractivity contribution in [2.24, 2.45) is 0 Å². The maximum absolute atomic E-state index is 14.2. The molecule has 5 rings (SSSR count). The molecule has 0 amide bonds. The van der Waals surface area contributed by atoms with Gasteiger partial charge in [-0.15, -0.1) is 0 Å². The van der Waals surface area contributed by atoms with Crippen LogP contribution >= 0.6 is 15.9 Å². The maximum atomic E-state index is 14.2. The minimum Gasteiger partial charge on any atom is -0.340 e. The summed E-state index contributed by atoms with van der Waals surface area (Å²) in [6.07, 6.45) is 3.13. The van der Waals surface area contributed by atoms with Crippen molar-refractivity contribution in [1.82, 2.24) is 9.55 Å². The Hall–Kier alpha value is -2.65. The number of nitrogens with zero attached hydrogens (tertiary/aromatic N) is 2. The summed E-state index contributed by atoms with van der Waals surface area (Å²) in [5, 5.41) is 11.0. The Labute approximate surface area is 156 Å². The fraction of sp³-hybridized carbons (Fsp3) is 0.200. The number of pyridine rings is 1. The highest BCUT2D eigenvalue weighted by molar-refractivity contribution is 9.10. The average molecular weight is 410 g/mol. The van der Waals surface area contributed by atoms with Crippen molar-refractivity contribution in [3.05, 3.63) is 56.4 Å². The Morgan fingerprint density at radius 1 is 1.23 bits per heavy atom. The molecule has 1 aliphatic rings. The molecule has 0 bridgehead atoms. The zero-order valence-corrected chi connectivity index (χ0v) is 15.2. The molecule has 1 saturated carbocycles. The zero-order valence-electron chi connectivity index (χ0n) is 13.6. The number of nitriles is 1. The Morgan fingerprint density at radius 2 is 2.04 bits per heavy atom. The zero-order chi connectivity index (χ0) is 18.0. The molecule has 0 unspecified atom stereocenters. The highest BCUT2D eigenvalue weighted by atomic mass is 79.9. The van der Waals surface area contributed by atoms with E-state index in [-0.39, 0.29) is 21.8 Å². The van der Waals surface area contributed by atoms with E-state index < -0.39 is 0 Å². The molecule has 1 N–H and O–H groups in total. The van der Waals surface area contributed by atoms with E-state index in [9.17, 15) is 9.18 Å². The molecule has 1 aliphatic carbocycles. The van der Waals surface area contributed by atoms with Gasteiger partial charge in [0.25, 0.3) is 0 Å². The van der Waals surface area contributed by atoms with E-state index in [4.69, 9.17) is 5.26 Å². The maximum Gasteiger partial charge on any atom is 0.199 e. The van der Waals surface area contributed by atoms with Crippen molar-refractivity contribution >= 4 is 48.8 Å². The highest BCUT2D eigenvalue weighted by Crippen LogP contribution is 2.38. The second-order valence-electron chi connectivity index (χ2n) is 6.79. The molecule has 4 aromatic rings. The van der Waals surface area contributed by atoms with Crippen LogP contribution in [0.5, 0.6) is 0 Å². The third-order valence-corrected chi connectivity index (χ3v) is 5.97. The van der Waals surface area contributed by atoms with Crippen molar-refractivity contribution in [3.8, 4) is 6.07 Å². The first-order valence-corrected chi connectivity index (χ1v) is 9.26. The molecule has 0 saturated heterocycles. The Kier molecular flexibility index (Phi) is 3.25. The monoisotopic (exact) mass is 409 g/mol. The molecule has 0 radical (unpaired) electrons. The molecule has 2 aromatic heterocycles. The van der Waals surface area contributed by atoms with Gasteiger partial charge in [-0.25, -0.2) is 4.39 Å². The Balaban J connectivity index is 2.04. The molecule has 0 aliphatic heterocycles. The van der Waals surface area contributed by atoms with Gasteiger partial charge >= 0.3 is 0 Å². The smallest absolute Gasteiger partial charge is 0.199 e. The third kappa shape index (κ3) is 2.01. The normalized spacial score (nSPS) is 14.8. The number of rotatable bonds is 1. The summed E-state index contributed by atoms with van der Waals surface area (Å²) >= 11 is 3.20. The summed E-state index contributed by atoms with van der Waals surface area (Å²) in [5.74, 6) is -0.382. The van der Waals surface area contributed by atoms with Gasteiger partial charge in [0.1, 0.15) is 11.5 Å². The van der Waals surface area contributed by atoms with Crippen molar-refractivity contribution in [2.45, 2.75) is 25.3 Å². The molecule has 2 heterocycles. The summed E-state index contributed by atoms with van der Waals surface area (Å²) in [4.78, 5) is 16.5. The first kappa shape index (κ1) is 15.6. The van der Waals surface area contributed by atoms with E-state index in [0.29, 0.717) is 27.5 Å². The van der Waals surface area contributed by atoms with Crippen LogP contribution < -0.4 is 5.43 Å². The molecular weight excluding hydrogens is 397 g/mol. The minimum absolute atomic E-state index is 0.123. The fourth-order valence-electron chi connectivity index (χ4n) is 3.86. The Morgan fingerprint density at radius 3 is 2.73 bits per heavy atom. The van der Waals surface area contributed by atoms with E-state index in [1.807, 2.05) is 6.07 Å². The van der Waals surface area contributed by atoms with Crippen molar-refractivity contribution in [3.63, 3.8) is 0 Å². The number of H-pyrrole nitrogens is 1. The Bertz CT molecular complexity index is 1320. The summed E-state index contributed by atoms with van der Waals surface area (Å²) in [6.45, 7) is 0. The lowest BCUT2D eigenvalue weighted by molar-refractivity contribution is 0.326. The molecule has 1 fully saturated rings. The largest absolute Gasteiger partial charge is 0.340 e. The first-order chi connectivity index (χ1) is 12.6. The third-order valence-electron chi connectivity index (χ3n) is 5.36. The quantitative estimate of drug-likeness (QED) is 0.473. The van der Waals surface area contributed by atoms with Crippen LogP contribution in [0.3, 0.4) is 0 Å². The van der Waals surface area contributed by atoms with Crippen LogP contribution in [-0.4, -0.2) is 9.55 Å². The van der Waals surface area contributed by atoms with Crippen molar-refractivity contribution in [1.29, 1.82) is 5.26 Å². The molecule has 6 heteroatoms. The minimum atomic E-state index is -0.382. The fourth-order valence-corrected chi connectivity index (χ4v) is 4.20. The lowest BCUT2D eigenvalue weighted by Gasteiger charge is -2.30. The van der Waals surface area contributed by atoms with Crippen LogP contribution in [0, 0.1) is 17.1 Å². The molecule has 26 heavy (non-hydrogen) atoms. The number of fused-ring (bicyclic) bond motifs is 4. The SMILES string of the molecule is N#Cc1ccc2c(c1)[nH]c1c2c(=O)c2cc(Br)c(F)cc2n1C1CCC1. The van der Waals surface area contributed by atoms with Crippen LogP contribution in [0.2, 0.25) is 0 Å². The second-order valence-corrected chi connectivity index (χ2v) is 7.64. The summed E-state index contributed by atoms with van der Waals surface area (Å²) < 4.78 is 16.6. The van der Waals surface area contributed by atoms with E-state index in [0.717, 1.165) is 30.2 Å². The van der Waals surface area contributed by atoms with Crippen LogP contribution in [0.25, 0.3) is 32.8 Å². The molecule has 128 valence electrons. The molecule has 4 nitrogen and oxygen atoms in total. The van der Waals surface area contributed by atoms with Crippen LogP contribution in [0.4, 0.5) is 4.39 Å². The highest BCUT2D eigenvalue weighted by Gasteiger charge is 2.26. The van der Waals surface area contributed by atoms with Gasteiger partial charge in [0, 0.05) is 22.3 Å². The molecule has 0 spiro atoms. The van der Waals surface area contributed by atoms with Gasteiger partial charge in [0.15, 0.2) is 5.43 Å². The van der Waals surface area contributed by atoms with Gasteiger partial charge in [0.2, 0.25) is 0 Å². The average Bonchev–Trinajstić information content (AvgIpc) is 2.97. The van der Waals surface area contributed by atoms with Gasteiger partial charge < -0.3 is 9.55 Å². The molecule has 0 atom stereocenters. The number of halogens is 2. The van der Waals surface area contributed by atoms with Crippen LogP contribution in [-0.2, 0) is 0 Å². The van der Waals surface area contributed by atoms with E-state index in [1.54, 1.807) is 18.2 Å². The van der Waals surface area contributed by atoms with Gasteiger partial charge in [-0.05, 0) is 59.5 Å². The summed E-state index contributed by atoms with van der Waals surface area (Å²) in [6, 6.07) is 10.7. The van der Waals surface area contributed by atoms with E-state index in [2.05, 4.69) is 31.6 Å². The van der Waals surface area contributed by atoms with Gasteiger partial charge in [-0.2, -0.15) is 5.26 Å². The molecule has 2 aromatic carbocycles.